The van der Waals surface area contributed by atoms with E-state index < -0.39 is 0 Å². The number of rotatable bonds is 3. The summed E-state index contributed by atoms with van der Waals surface area (Å²) in [6.07, 6.45) is 7.26. The van der Waals surface area contributed by atoms with Crippen molar-refractivity contribution >= 4 is 0 Å². The number of pyridine rings is 1. The van der Waals surface area contributed by atoms with Gasteiger partial charge in [-0.15, -0.1) is 0 Å². The summed E-state index contributed by atoms with van der Waals surface area (Å²) in [4.78, 5) is 4.00. The van der Waals surface area contributed by atoms with Gasteiger partial charge in [-0.1, -0.05) is 26.0 Å². The van der Waals surface area contributed by atoms with Gasteiger partial charge in [0.15, 0.2) is 0 Å². The molecular formula is C15H21NO. The van der Waals surface area contributed by atoms with E-state index >= 15 is 0 Å². The zero-order chi connectivity index (χ0) is 12.3. The van der Waals surface area contributed by atoms with Crippen LogP contribution in [0.25, 0.3) is 0 Å². The first-order chi connectivity index (χ1) is 8.08. The van der Waals surface area contributed by atoms with Crippen molar-refractivity contribution in [3.05, 3.63) is 42.2 Å². The van der Waals surface area contributed by atoms with Crippen LogP contribution in [-0.4, -0.2) is 11.1 Å². The molecule has 1 fully saturated rings. The molecule has 0 bridgehead atoms. The molecule has 1 aromatic rings. The topological polar surface area (TPSA) is 22.1 Å². The molecule has 2 nitrogen and oxygen atoms in total. The second kappa shape index (κ2) is 5.01. The van der Waals surface area contributed by atoms with Gasteiger partial charge in [0.2, 0.25) is 0 Å². The molecule has 0 saturated heterocycles. The molecule has 0 unspecified atom stereocenters. The highest BCUT2D eigenvalue weighted by atomic mass is 16.5. The Bertz CT molecular complexity index is 383. The van der Waals surface area contributed by atoms with E-state index in [1.165, 1.54) is 17.6 Å². The third-order valence-corrected chi connectivity index (χ3v) is 3.76. The molecule has 0 radical (unpaired) electrons. The average molecular weight is 231 g/mol. The van der Waals surface area contributed by atoms with Gasteiger partial charge in [0, 0.05) is 12.4 Å². The Hall–Kier alpha value is -1.15. The lowest BCUT2D eigenvalue weighted by molar-refractivity contribution is 0.0139. The molecule has 1 aromatic heterocycles. The van der Waals surface area contributed by atoms with Crippen LogP contribution in [0.4, 0.5) is 0 Å². The van der Waals surface area contributed by atoms with Gasteiger partial charge in [-0.2, -0.15) is 0 Å². The normalized spacial score (nSPS) is 23.6. The van der Waals surface area contributed by atoms with Crippen LogP contribution in [-0.2, 0) is 11.3 Å². The van der Waals surface area contributed by atoms with Crippen molar-refractivity contribution in [2.24, 2.45) is 5.41 Å². The Morgan fingerprint density at radius 3 is 2.76 bits per heavy atom. The first-order valence-corrected chi connectivity index (χ1v) is 6.27. The molecule has 0 N–H and O–H groups in total. The van der Waals surface area contributed by atoms with Crippen LogP contribution < -0.4 is 0 Å². The Morgan fingerprint density at radius 1 is 1.41 bits per heavy atom. The molecule has 1 saturated carbocycles. The second-order valence-electron chi connectivity index (χ2n) is 5.52. The van der Waals surface area contributed by atoms with Crippen LogP contribution in [0.2, 0.25) is 0 Å². The van der Waals surface area contributed by atoms with E-state index in [2.05, 4.69) is 25.4 Å². The van der Waals surface area contributed by atoms with Gasteiger partial charge in [-0.25, -0.2) is 0 Å². The summed E-state index contributed by atoms with van der Waals surface area (Å²) in [5.74, 6) is 0. The SMILES string of the molecule is C=C1C[C@@H](OCc2ccncc2)CCC1(C)C. The number of aromatic nitrogens is 1. The van der Waals surface area contributed by atoms with E-state index in [-0.39, 0.29) is 5.41 Å². The van der Waals surface area contributed by atoms with Crippen LogP contribution in [0.1, 0.15) is 38.7 Å². The fourth-order valence-corrected chi connectivity index (χ4v) is 2.19. The highest BCUT2D eigenvalue weighted by molar-refractivity contribution is 5.12. The zero-order valence-corrected chi connectivity index (χ0v) is 10.8. The third kappa shape index (κ3) is 3.16. The Labute approximate surface area is 104 Å². The minimum absolute atomic E-state index is 0.288. The zero-order valence-electron chi connectivity index (χ0n) is 10.8. The third-order valence-electron chi connectivity index (χ3n) is 3.76. The van der Waals surface area contributed by atoms with Crippen molar-refractivity contribution in [3.63, 3.8) is 0 Å². The molecule has 0 aliphatic heterocycles. The minimum atomic E-state index is 0.288. The summed E-state index contributed by atoms with van der Waals surface area (Å²) in [5, 5.41) is 0. The molecule has 17 heavy (non-hydrogen) atoms. The number of nitrogens with zero attached hydrogens (tertiary/aromatic N) is 1. The van der Waals surface area contributed by atoms with Gasteiger partial charge in [-0.05, 0) is 42.4 Å². The smallest absolute Gasteiger partial charge is 0.0721 e. The molecule has 1 heterocycles. The predicted octanol–water partition coefficient (Wildman–Crippen LogP) is 3.73. The summed E-state index contributed by atoms with van der Waals surface area (Å²) in [6.45, 7) is 9.41. The van der Waals surface area contributed by atoms with Crippen molar-refractivity contribution in [1.82, 2.24) is 4.98 Å². The van der Waals surface area contributed by atoms with Gasteiger partial charge < -0.3 is 4.74 Å². The van der Waals surface area contributed by atoms with Crippen molar-refractivity contribution in [2.45, 2.75) is 45.8 Å². The first kappa shape index (κ1) is 12.3. The lowest BCUT2D eigenvalue weighted by Gasteiger charge is -2.36. The van der Waals surface area contributed by atoms with Crippen LogP contribution in [0.3, 0.4) is 0 Å². The molecule has 1 aliphatic carbocycles. The van der Waals surface area contributed by atoms with Gasteiger partial charge in [-0.3, -0.25) is 4.98 Å². The Morgan fingerprint density at radius 2 is 2.12 bits per heavy atom. The van der Waals surface area contributed by atoms with Crippen molar-refractivity contribution in [2.75, 3.05) is 0 Å². The molecule has 0 aromatic carbocycles. The van der Waals surface area contributed by atoms with Crippen LogP contribution in [0, 0.1) is 5.41 Å². The van der Waals surface area contributed by atoms with Crippen molar-refractivity contribution < 1.29 is 4.74 Å². The largest absolute Gasteiger partial charge is 0.373 e. The summed E-state index contributed by atoms with van der Waals surface area (Å²) in [5.41, 5.74) is 2.80. The Balaban J connectivity index is 1.84. The van der Waals surface area contributed by atoms with E-state index in [1.807, 2.05) is 24.5 Å². The first-order valence-electron chi connectivity index (χ1n) is 6.27. The maximum absolute atomic E-state index is 5.94. The molecule has 1 aliphatic rings. The molecular weight excluding hydrogens is 210 g/mol. The van der Waals surface area contributed by atoms with E-state index in [0.29, 0.717) is 12.7 Å². The van der Waals surface area contributed by atoms with Gasteiger partial charge in [0.1, 0.15) is 0 Å². The summed E-state index contributed by atoms with van der Waals surface area (Å²) >= 11 is 0. The lowest BCUT2D eigenvalue weighted by atomic mass is 9.73. The standard InChI is InChI=1S/C15H21NO/c1-12-10-14(4-7-15(12,2)3)17-11-13-5-8-16-9-6-13/h5-6,8-9,14H,1,4,7,10-11H2,2-3H3/t14-/m0/s1. The van der Waals surface area contributed by atoms with E-state index in [1.54, 1.807) is 0 Å². The maximum Gasteiger partial charge on any atom is 0.0721 e. The van der Waals surface area contributed by atoms with Crippen molar-refractivity contribution in [1.29, 1.82) is 0 Å². The van der Waals surface area contributed by atoms with Crippen LogP contribution >= 0.6 is 0 Å². The molecule has 0 spiro atoms. The highest BCUT2D eigenvalue weighted by Crippen LogP contribution is 2.40. The van der Waals surface area contributed by atoms with Gasteiger partial charge in [0.25, 0.3) is 0 Å². The van der Waals surface area contributed by atoms with Crippen LogP contribution in [0.5, 0.6) is 0 Å². The summed E-state index contributed by atoms with van der Waals surface area (Å²) in [6, 6.07) is 4.00. The molecule has 1 atom stereocenters. The molecule has 92 valence electrons. The molecule has 2 rings (SSSR count). The van der Waals surface area contributed by atoms with E-state index in [9.17, 15) is 0 Å². The van der Waals surface area contributed by atoms with Gasteiger partial charge >= 0.3 is 0 Å². The van der Waals surface area contributed by atoms with Crippen LogP contribution in [0.15, 0.2) is 36.7 Å². The van der Waals surface area contributed by atoms with Gasteiger partial charge in [0.05, 0.1) is 12.7 Å². The number of hydrogen-bond donors (Lipinski definition) is 0. The highest BCUT2D eigenvalue weighted by Gasteiger charge is 2.30. The summed E-state index contributed by atoms with van der Waals surface area (Å²) in [7, 11) is 0. The fraction of sp³-hybridized carbons (Fsp3) is 0.533. The lowest BCUT2D eigenvalue weighted by Crippen LogP contribution is -2.28. The quantitative estimate of drug-likeness (QED) is 0.739. The predicted molar refractivity (Wildman–Crippen MR) is 69.6 cm³/mol. The average Bonchev–Trinajstić information content (AvgIpc) is 2.32. The molecule has 0 amide bonds. The monoisotopic (exact) mass is 231 g/mol. The number of ether oxygens (including phenoxy) is 1. The van der Waals surface area contributed by atoms with E-state index in [4.69, 9.17) is 4.74 Å². The summed E-state index contributed by atoms with van der Waals surface area (Å²) < 4.78 is 5.94. The minimum Gasteiger partial charge on any atom is -0.373 e. The van der Waals surface area contributed by atoms with E-state index in [0.717, 1.165) is 12.8 Å². The van der Waals surface area contributed by atoms with Crippen molar-refractivity contribution in [3.8, 4) is 0 Å². The Kier molecular flexibility index (Phi) is 3.63. The molecule has 2 heteroatoms. The second-order valence-corrected chi connectivity index (χ2v) is 5.52. The fourth-order valence-electron chi connectivity index (χ4n) is 2.19. The maximum atomic E-state index is 5.94. The number of hydrogen-bond acceptors (Lipinski definition) is 2.